The van der Waals surface area contributed by atoms with Crippen molar-refractivity contribution in [3.63, 3.8) is 0 Å². The van der Waals surface area contributed by atoms with E-state index in [1.54, 1.807) is 54.6 Å². The Morgan fingerprint density at radius 2 is 1.72 bits per heavy atom. The lowest BCUT2D eigenvalue weighted by atomic mass is 10.1. The van der Waals surface area contributed by atoms with Crippen molar-refractivity contribution in [1.29, 1.82) is 0 Å². The highest BCUT2D eigenvalue weighted by Crippen LogP contribution is 2.19. The van der Waals surface area contributed by atoms with Gasteiger partial charge in [0.2, 0.25) is 0 Å². The summed E-state index contributed by atoms with van der Waals surface area (Å²) in [6.45, 7) is 7.24. The van der Waals surface area contributed by atoms with Crippen molar-refractivity contribution >= 4 is 23.4 Å². The van der Waals surface area contributed by atoms with E-state index < -0.39 is 17.6 Å². The van der Waals surface area contributed by atoms with Crippen LogP contribution in [0.5, 0.6) is 0 Å². The molecule has 0 atom stereocenters. The molecule has 150 valence electrons. The first-order chi connectivity index (χ1) is 13.7. The second kappa shape index (κ2) is 8.14. The molecule has 1 aromatic carbocycles. The normalized spacial score (nSPS) is 11.0. The lowest BCUT2D eigenvalue weighted by Crippen LogP contribution is -2.24. The van der Waals surface area contributed by atoms with E-state index in [0.717, 1.165) is 5.69 Å². The number of benzene rings is 1. The van der Waals surface area contributed by atoms with Gasteiger partial charge in [0.25, 0.3) is 0 Å². The summed E-state index contributed by atoms with van der Waals surface area (Å²) in [5, 5.41) is 9.69. The molecule has 3 rings (SSSR count). The van der Waals surface area contributed by atoms with Crippen LogP contribution in [0.25, 0.3) is 5.69 Å². The number of pyridine rings is 1. The molecule has 29 heavy (non-hydrogen) atoms. The SMILES string of the molecule is Cc1cc(NC(=O)Nc2cnn(-c3ccncc3)c2)ccc1C(=O)OC(C)(C)C. The van der Waals surface area contributed by atoms with Crippen LogP contribution in [0.15, 0.2) is 55.1 Å². The minimum absolute atomic E-state index is 0.394. The first kappa shape index (κ1) is 20.1. The van der Waals surface area contributed by atoms with Gasteiger partial charge in [0.1, 0.15) is 5.60 Å². The number of hydrogen-bond acceptors (Lipinski definition) is 5. The van der Waals surface area contributed by atoms with E-state index in [2.05, 4.69) is 20.7 Å². The van der Waals surface area contributed by atoms with E-state index in [1.165, 1.54) is 0 Å². The maximum Gasteiger partial charge on any atom is 0.338 e. The van der Waals surface area contributed by atoms with Crippen LogP contribution >= 0.6 is 0 Å². The number of nitrogens with zero attached hydrogens (tertiary/aromatic N) is 3. The van der Waals surface area contributed by atoms with Crippen LogP contribution in [0, 0.1) is 6.92 Å². The number of amides is 2. The molecule has 8 heteroatoms. The van der Waals surface area contributed by atoms with Gasteiger partial charge in [0.05, 0.1) is 29.3 Å². The number of carbonyl (C=O) groups is 2. The Balaban J connectivity index is 1.63. The van der Waals surface area contributed by atoms with Gasteiger partial charge in [-0.05, 0) is 63.6 Å². The molecule has 2 heterocycles. The second-order valence-electron chi connectivity index (χ2n) is 7.49. The summed E-state index contributed by atoms with van der Waals surface area (Å²) in [5.41, 5.74) is 2.55. The van der Waals surface area contributed by atoms with Crippen molar-refractivity contribution < 1.29 is 14.3 Å². The lowest BCUT2D eigenvalue weighted by molar-refractivity contribution is 0.00688. The van der Waals surface area contributed by atoms with Gasteiger partial charge >= 0.3 is 12.0 Å². The Morgan fingerprint density at radius 1 is 1.03 bits per heavy atom. The third-order valence-corrected chi connectivity index (χ3v) is 3.87. The fourth-order valence-electron chi connectivity index (χ4n) is 2.62. The van der Waals surface area contributed by atoms with Crippen LogP contribution in [0.4, 0.5) is 16.2 Å². The molecule has 0 aliphatic heterocycles. The van der Waals surface area contributed by atoms with Gasteiger partial charge in [-0.3, -0.25) is 4.98 Å². The van der Waals surface area contributed by atoms with E-state index in [4.69, 9.17) is 4.74 Å². The molecular weight excluding hydrogens is 370 g/mol. The van der Waals surface area contributed by atoms with Crippen LogP contribution in [0.2, 0.25) is 0 Å². The van der Waals surface area contributed by atoms with Crippen molar-refractivity contribution in [3.05, 3.63) is 66.2 Å². The summed E-state index contributed by atoms with van der Waals surface area (Å²) in [7, 11) is 0. The largest absolute Gasteiger partial charge is 0.456 e. The molecule has 0 radical (unpaired) electrons. The topological polar surface area (TPSA) is 98.1 Å². The molecule has 0 bridgehead atoms. The Morgan fingerprint density at radius 3 is 2.38 bits per heavy atom. The van der Waals surface area contributed by atoms with Gasteiger partial charge in [0, 0.05) is 18.1 Å². The molecule has 0 fully saturated rings. The number of esters is 1. The number of nitrogens with one attached hydrogen (secondary N) is 2. The Labute approximate surface area is 168 Å². The highest BCUT2D eigenvalue weighted by Gasteiger charge is 2.19. The second-order valence-corrected chi connectivity index (χ2v) is 7.49. The summed E-state index contributed by atoms with van der Waals surface area (Å²) < 4.78 is 7.03. The number of hydrogen-bond donors (Lipinski definition) is 2. The van der Waals surface area contributed by atoms with Crippen LogP contribution in [0.1, 0.15) is 36.7 Å². The summed E-state index contributed by atoms with van der Waals surface area (Å²) in [6, 6.07) is 8.23. The Hall–Kier alpha value is -3.68. The molecule has 0 saturated heterocycles. The number of aromatic nitrogens is 3. The van der Waals surface area contributed by atoms with E-state index in [-0.39, 0.29) is 0 Å². The monoisotopic (exact) mass is 393 g/mol. The van der Waals surface area contributed by atoms with Gasteiger partial charge in [-0.1, -0.05) is 0 Å². The summed E-state index contributed by atoms with van der Waals surface area (Å²) >= 11 is 0. The molecule has 2 N–H and O–H groups in total. The fraction of sp³-hybridized carbons (Fsp3) is 0.238. The predicted molar refractivity (Wildman–Crippen MR) is 110 cm³/mol. The number of carbonyl (C=O) groups excluding carboxylic acids is 2. The van der Waals surface area contributed by atoms with Gasteiger partial charge < -0.3 is 15.4 Å². The molecule has 0 aliphatic carbocycles. The number of anilines is 2. The zero-order valence-corrected chi connectivity index (χ0v) is 16.8. The third-order valence-electron chi connectivity index (χ3n) is 3.87. The van der Waals surface area contributed by atoms with Crippen LogP contribution in [0.3, 0.4) is 0 Å². The van der Waals surface area contributed by atoms with Gasteiger partial charge in [-0.2, -0.15) is 5.10 Å². The molecule has 0 spiro atoms. The maximum atomic E-state index is 12.3. The molecule has 2 aromatic heterocycles. The van der Waals surface area contributed by atoms with E-state index >= 15 is 0 Å². The molecular formula is C21H23N5O3. The number of aryl methyl sites for hydroxylation is 1. The molecule has 0 aliphatic rings. The van der Waals surface area contributed by atoms with Crippen LogP contribution in [-0.2, 0) is 4.74 Å². The lowest BCUT2D eigenvalue weighted by Gasteiger charge is -2.20. The van der Waals surface area contributed by atoms with Gasteiger partial charge in [0.15, 0.2) is 0 Å². The maximum absolute atomic E-state index is 12.3. The standard InChI is InChI=1S/C21H23N5O3/c1-14-11-15(5-6-18(14)19(27)29-21(2,3)4)24-20(28)25-16-12-23-26(13-16)17-7-9-22-10-8-17/h5-13H,1-4H3,(H2,24,25,28). The summed E-state index contributed by atoms with van der Waals surface area (Å²) in [4.78, 5) is 28.5. The average Bonchev–Trinajstić information content (AvgIpc) is 3.09. The van der Waals surface area contributed by atoms with E-state index in [0.29, 0.717) is 22.5 Å². The summed E-state index contributed by atoms with van der Waals surface area (Å²) in [5.74, 6) is -0.394. The zero-order valence-electron chi connectivity index (χ0n) is 16.8. The molecule has 3 aromatic rings. The van der Waals surface area contributed by atoms with Crippen LogP contribution < -0.4 is 10.6 Å². The Kier molecular flexibility index (Phi) is 5.63. The quantitative estimate of drug-likeness (QED) is 0.648. The first-order valence-corrected chi connectivity index (χ1v) is 9.08. The summed E-state index contributed by atoms with van der Waals surface area (Å²) in [6.07, 6.45) is 6.59. The average molecular weight is 393 g/mol. The molecule has 0 saturated carbocycles. The fourth-order valence-corrected chi connectivity index (χ4v) is 2.62. The molecule has 0 unspecified atom stereocenters. The van der Waals surface area contributed by atoms with Gasteiger partial charge in [-0.15, -0.1) is 0 Å². The van der Waals surface area contributed by atoms with Gasteiger partial charge in [-0.25, -0.2) is 14.3 Å². The number of urea groups is 1. The highest BCUT2D eigenvalue weighted by atomic mass is 16.6. The number of rotatable bonds is 4. The third kappa shape index (κ3) is 5.41. The van der Waals surface area contributed by atoms with Crippen molar-refractivity contribution in [3.8, 4) is 5.69 Å². The van der Waals surface area contributed by atoms with Crippen molar-refractivity contribution in [2.24, 2.45) is 0 Å². The minimum atomic E-state index is -0.568. The van der Waals surface area contributed by atoms with Crippen LogP contribution in [-0.4, -0.2) is 32.4 Å². The van der Waals surface area contributed by atoms with E-state index in [1.807, 2.05) is 32.9 Å². The van der Waals surface area contributed by atoms with Crippen molar-refractivity contribution in [2.75, 3.05) is 10.6 Å². The minimum Gasteiger partial charge on any atom is -0.456 e. The van der Waals surface area contributed by atoms with E-state index in [9.17, 15) is 9.59 Å². The highest BCUT2D eigenvalue weighted by molar-refractivity contribution is 6.00. The van der Waals surface area contributed by atoms with Crippen molar-refractivity contribution in [1.82, 2.24) is 14.8 Å². The molecule has 8 nitrogen and oxygen atoms in total. The Bertz CT molecular complexity index is 1020. The zero-order chi connectivity index (χ0) is 21.0. The first-order valence-electron chi connectivity index (χ1n) is 9.08. The number of ether oxygens (including phenoxy) is 1. The van der Waals surface area contributed by atoms with Crippen molar-refractivity contribution in [2.45, 2.75) is 33.3 Å². The molecule has 2 amide bonds. The smallest absolute Gasteiger partial charge is 0.338 e. The predicted octanol–water partition coefficient (Wildman–Crippen LogP) is 4.18.